The van der Waals surface area contributed by atoms with Crippen molar-refractivity contribution in [2.75, 3.05) is 13.1 Å². The zero-order chi connectivity index (χ0) is 17.6. The molecule has 132 valence electrons. The molecule has 1 N–H and O–H groups in total. The molecule has 0 radical (unpaired) electrons. The molecular weight excluding hydrogens is 308 g/mol. The normalized spacial score (nSPS) is 15.1. The number of hydrogen-bond donors (Lipinski definition) is 1. The molecule has 1 aliphatic rings. The third-order valence-corrected chi connectivity index (χ3v) is 5.04. The van der Waals surface area contributed by atoms with E-state index in [0.29, 0.717) is 6.54 Å². The highest BCUT2D eigenvalue weighted by molar-refractivity contribution is 5.95. The van der Waals surface area contributed by atoms with Crippen molar-refractivity contribution in [2.45, 2.75) is 46.2 Å². The van der Waals surface area contributed by atoms with Crippen molar-refractivity contribution in [3.8, 4) is 0 Å². The first-order chi connectivity index (χ1) is 12.1. The van der Waals surface area contributed by atoms with Crippen molar-refractivity contribution >= 4 is 5.91 Å². The molecule has 1 amide bonds. The van der Waals surface area contributed by atoms with E-state index in [2.05, 4.69) is 34.5 Å². The predicted molar refractivity (Wildman–Crippen MR) is 103 cm³/mol. The Hall–Kier alpha value is -2.13. The summed E-state index contributed by atoms with van der Waals surface area (Å²) in [6, 6.07) is 14.5. The lowest BCUT2D eigenvalue weighted by molar-refractivity contribution is 0.0950. The summed E-state index contributed by atoms with van der Waals surface area (Å²) in [5.41, 5.74) is 5.44. The number of nitrogens with one attached hydrogen (secondary N) is 1. The van der Waals surface area contributed by atoms with Crippen LogP contribution in [0.25, 0.3) is 0 Å². The molecule has 0 bridgehead atoms. The summed E-state index contributed by atoms with van der Waals surface area (Å²) < 4.78 is 0. The lowest BCUT2D eigenvalue weighted by Crippen LogP contribution is -2.30. The van der Waals surface area contributed by atoms with Gasteiger partial charge in [0.05, 0.1) is 0 Å². The fourth-order valence-corrected chi connectivity index (χ4v) is 3.49. The molecule has 3 heteroatoms. The van der Waals surface area contributed by atoms with Crippen molar-refractivity contribution in [2.24, 2.45) is 0 Å². The molecule has 2 aromatic carbocycles. The molecule has 0 unspecified atom stereocenters. The maximum Gasteiger partial charge on any atom is 0.251 e. The Labute approximate surface area is 151 Å². The number of likely N-dealkylation sites (tertiary alicyclic amines) is 1. The largest absolute Gasteiger partial charge is 0.348 e. The molecule has 3 nitrogen and oxygen atoms in total. The molecule has 1 fully saturated rings. The first-order valence-electron chi connectivity index (χ1n) is 9.28. The number of carbonyl (C=O) groups excluding carboxylic acids is 1. The molecule has 0 saturated carbocycles. The fraction of sp³-hybridized carbons (Fsp3) is 0.409. The van der Waals surface area contributed by atoms with Crippen LogP contribution < -0.4 is 5.32 Å². The minimum Gasteiger partial charge on any atom is -0.348 e. The van der Waals surface area contributed by atoms with Crippen molar-refractivity contribution in [3.05, 3.63) is 70.3 Å². The van der Waals surface area contributed by atoms with E-state index >= 15 is 0 Å². The molecule has 0 atom stereocenters. The Balaban J connectivity index is 1.66. The van der Waals surface area contributed by atoms with Gasteiger partial charge in [-0.3, -0.25) is 9.69 Å². The minimum absolute atomic E-state index is 0.00831. The molecule has 3 rings (SSSR count). The molecular formula is C22H28N2O. The van der Waals surface area contributed by atoms with Gasteiger partial charge in [-0.1, -0.05) is 48.4 Å². The van der Waals surface area contributed by atoms with Gasteiger partial charge < -0.3 is 5.32 Å². The fourth-order valence-electron chi connectivity index (χ4n) is 3.49. The Kier molecular flexibility index (Phi) is 5.87. The number of rotatable bonds is 5. The molecule has 0 spiro atoms. The lowest BCUT2D eigenvalue weighted by atomic mass is 10.0. The first kappa shape index (κ1) is 17.7. The standard InChI is InChI=1S/C22H28N2O/c1-17-10-11-18(2)21(14-17)22(25)23-15-19-8-4-5-9-20(19)16-24-12-6-3-7-13-24/h4-5,8-11,14H,3,6-7,12-13,15-16H2,1-2H3,(H,23,25). The average molecular weight is 336 g/mol. The summed E-state index contributed by atoms with van der Waals surface area (Å²) in [4.78, 5) is 15.1. The van der Waals surface area contributed by atoms with Gasteiger partial charge in [-0.15, -0.1) is 0 Å². The molecule has 25 heavy (non-hydrogen) atoms. The zero-order valence-electron chi connectivity index (χ0n) is 15.3. The number of nitrogens with zero attached hydrogens (tertiary/aromatic N) is 1. The van der Waals surface area contributed by atoms with E-state index in [-0.39, 0.29) is 5.91 Å². The maximum absolute atomic E-state index is 12.6. The van der Waals surface area contributed by atoms with Crippen LogP contribution in [0.15, 0.2) is 42.5 Å². The van der Waals surface area contributed by atoms with Gasteiger partial charge in [0.25, 0.3) is 5.91 Å². The van der Waals surface area contributed by atoms with Crippen molar-refractivity contribution in [1.82, 2.24) is 10.2 Å². The number of hydrogen-bond acceptors (Lipinski definition) is 2. The van der Waals surface area contributed by atoms with E-state index in [9.17, 15) is 4.79 Å². The second-order valence-corrected chi connectivity index (χ2v) is 7.11. The third kappa shape index (κ3) is 4.70. The maximum atomic E-state index is 12.6. The summed E-state index contributed by atoms with van der Waals surface area (Å²) in [5.74, 6) is 0.00831. The van der Waals surface area contributed by atoms with E-state index in [1.165, 1.54) is 43.5 Å². The van der Waals surface area contributed by atoms with Crippen LogP contribution >= 0.6 is 0 Å². The molecule has 2 aromatic rings. The predicted octanol–water partition coefficient (Wildman–Crippen LogP) is 4.22. The first-order valence-corrected chi connectivity index (χ1v) is 9.28. The van der Waals surface area contributed by atoms with Gasteiger partial charge in [-0.05, 0) is 62.5 Å². The van der Waals surface area contributed by atoms with Gasteiger partial charge in [0, 0.05) is 18.7 Å². The van der Waals surface area contributed by atoms with Gasteiger partial charge in [-0.25, -0.2) is 0 Å². The highest BCUT2D eigenvalue weighted by Gasteiger charge is 2.13. The lowest BCUT2D eigenvalue weighted by Gasteiger charge is -2.27. The SMILES string of the molecule is Cc1ccc(C)c(C(=O)NCc2ccccc2CN2CCCCC2)c1. The molecule has 1 aliphatic heterocycles. The van der Waals surface area contributed by atoms with Crippen molar-refractivity contribution in [3.63, 3.8) is 0 Å². The van der Waals surface area contributed by atoms with Crippen LogP contribution in [0.5, 0.6) is 0 Å². The molecule has 1 saturated heterocycles. The summed E-state index contributed by atoms with van der Waals surface area (Å²) >= 11 is 0. The van der Waals surface area contributed by atoms with Crippen LogP contribution in [0.1, 0.15) is 51.9 Å². The number of aryl methyl sites for hydroxylation is 2. The Morgan fingerprint density at radius 3 is 2.48 bits per heavy atom. The van der Waals surface area contributed by atoms with Gasteiger partial charge >= 0.3 is 0 Å². The third-order valence-electron chi connectivity index (χ3n) is 5.04. The van der Waals surface area contributed by atoms with Crippen molar-refractivity contribution in [1.29, 1.82) is 0 Å². The Morgan fingerprint density at radius 2 is 1.72 bits per heavy atom. The van der Waals surface area contributed by atoms with Gasteiger partial charge in [-0.2, -0.15) is 0 Å². The quantitative estimate of drug-likeness (QED) is 0.886. The van der Waals surface area contributed by atoms with Crippen molar-refractivity contribution < 1.29 is 4.79 Å². The Morgan fingerprint density at radius 1 is 1.00 bits per heavy atom. The smallest absolute Gasteiger partial charge is 0.251 e. The van der Waals surface area contributed by atoms with Crippen LogP contribution in [0, 0.1) is 13.8 Å². The van der Waals surface area contributed by atoms with E-state index in [0.717, 1.165) is 23.2 Å². The minimum atomic E-state index is 0.00831. The second kappa shape index (κ2) is 8.30. The number of piperidine rings is 1. The highest BCUT2D eigenvalue weighted by atomic mass is 16.1. The monoisotopic (exact) mass is 336 g/mol. The van der Waals surface area contributed by atoms with Crippen LogP contribution in [0.3, 0.4) is 0 Å². The summed E-state index contributed by atoms with van der Waals surface area (Å²) in [6.45, 7) is 7.93. The number of amides is 1. The van der Waals surface area contributed by atoms with E-state index in [1.807, 2.05) is 32.0 Å². The van der Waals surface area contributed by atoms with E-state index in [4.69, 9.17) is 0 Å². The second-order valence-electron chi connectivity index (χ2n) is 7.11. The van der Waals surface area contributed by atoms with E-state index < -0.39 is 0 Å². The number of carbonyl (C=O) groups is 1. The van der Waals surface area contributed by atoms with Crippen LogP contribution in [-0.2, 0) is 13.1 Å². The van der Waals surface area contributed by atoms with E-state index in [1.54, 1.807) is 0 Å². The van der Waals surface area contributed by atoms with Crippen LogP contribution in [0.4, 0.5) is 0 Å². The summed E-state index contributed by atoms with van der Waals surface area (Å²) in [7, 11) is 0. The highest BCUT2D eigenvalue weighted by Crippen LogP contribution is 2.17. The van der Waals surface area contributed by atoms with Crippen LogP contribution in [0.2, 0.25) is 0 Å². The average Bonchev–Trinajstić information content (AvgIpc) is 2.63. The Bertz CT molecular complexity index is 733. The summed E-state index contributed by atoms with van der Waals surface area (Å²) in [5, 5.41) is 3.10. The van der Waals surface area contributed by atoms with Crippen LogP contribution in [-0.4, -0.2) is 23.9 Å². The zero-order valence-corrected chi connectivity index (χ0v) is 15.3. The van der Waals surface area contributed by atoms with Gasteiger partial charge in [0.15, 0.2) is 0 Å². The summed E-state index contributed by atoms with van der Waals surface area (Å²) in [6.07, 6.45) is 3.95. The molecule has 0 aromatic heterocycles. The number of benzene rings is 2. The molecule has 0 aliphatic carbocycles. The van der Waals surface area contributed by atoms with Gasteiger partial charge in [0.1, 0.15) is 0 Å². The topological polar surface area (TPSA) is 32.3 Å². The molecule has 1 heterocycles. The van der Waals surface area contributed by atoms with Gasteiger partial charge in [0.2, 0.25) is 0 Å².